The maximum atomic E-state index is 13.4. The number of anilines is 1. The molecule has 1 amide bonds. The lowest BCUT2D eigenvalue weighted by atomic mass is 9.78. The number of hydrogen-bond acceptors (Lipinski definition) is 4. The first-order chi connectivity index (χ1) is 12.5. The summed E-state index contributed by atoms with van der Waals surface area (Å²) < 4.78 is 0. The van der Waals surface area contributed by atoms with E-state index in [-0.39, 0.29) is 11.5 Å². The SMILES string of the molecule is Cc1cc(Cl)cnc1N1CCC[C@@]2(CCN([C@H]3CC[C@H](O)CC3)C2=O)C1. The third-order valence-corrected chi connectivity index (χ3v) is 6.75. The monoisotopic (exact) mass is 377 g/mol. The number of amides is 1. The Kier molecular flexibility index (Phi) is 4.86. The Morgan fingerprint density at radius 3 is 2.73 bits per heavy atom. The van der Waals surface area contributed by atoms with E-state index in [2.05, 4.69) is 14.8 Å². The Morgan fingerprint density at radius 1 is 1.23 bits per heavy atom. The number of rotatable bonds is 2. The van der Waals surface area contributed by atoms with Crippen LogP contribution in [0.2, 0.25) is 5.02 Å². The van der Waals surface area contributed by atoms with Gasteiger partial charge in [-0.15, -0.1) is 0 Å². The Hall–Kier alpha value is -1.33. The molecule has 1 atom stereocenters. The molecule has 1 aromatic rings. The molecule has 1 spiro atoms. The van der Waals surface area contributed by atoms with Gasteiger partial charge in [0, 0.05) is 31.9 Å². The van der Waals surface area contributed by atoms with Gasteiger partial charge >= 0.3 is 0 Å². The van der Waals surface area contributed by atoms with Crippen molar-refractivity contribution in [3.05, 3.63) is 22.8 Å². The third kappa shape index (κ3) is 3.20. The molecule has 3 heterocycles. The van der Waals surface area contributed by atoms with Crippen LogP contribution in [0, 0.1) is 12.3 Å². The van der Waals surface area contributed by atoms with Gasteiger partial charge in [0.1, 0.15) is 5.82 Å². The fourth-order valence-corrected chi connectivity index (χ4v) is 5.33. The first-order valence-electron chi connectivity index (χ1n) is 9.85. The summed E-state index contributed by atoms with van der Waals surface area (Å²) in [6.45, 7) is 4.60. The van der Waals surface area contributed by atoms with Crippen LogP contribution < -0.4 is 4.90 Å². The van der Waals surface area contributed by atoms with Gasteiger partial charge in [-0.05, 0) is 63.5 Å². The van der Waals surface area contributed by atoms with Crippen LogP contribution >= 0.6 is 11.6 Å². The van der Waals surface area contributed by atoms with Gasteiger partial charge in [0.15, 0.2) is 0 Å². The fraction of sp³-hybridized carbons (Fsp3) is 0.700. The van der Waals surface area contributed by atoms with Gasteiger partial charge in [-0.2, -0.15) is 0 Å². The van der Waals surface area contributed by atoms with Crippen LogP contribution in [0.4, 0.5) is 5.82 Å². The summed E-state index contributed by atoms with van der Waals surface area (Å²) in [5, 5.41) is 10.4. The minimum atomic E-state index is -0.262. The summed E-state index contributed by atoms with van der Waals surface area (Å²) in [6.07, 6.45) is 7.96. The molecule has 2 saturated heterocycles. The van der Waals surface area contributed by atoms with Gasteiger partial charge < -0.3 is 14.9 Å². The predicted octanol–water partition coefficient (Wildman–Crippen LogP) is 3.17. The van der Waals surface area contributed by atoms with E-state index in [0.717, 1.165) is 76.0 Å². The van der Waals surface area contributed by atoms with E-state index in [1.807, 2.05) is 13.0 Å². The second kappa shape index (κ2) is 7.01. The lowest BCUT2D eigenvalue weighted by Gasteiger charge is -2.41. The zero-order valence-electron chi connectivity index (χ0n) is 15.5. The average Bonchev–Trinajstić information content (AvgIpc) is 2.92. The molecular weight excluding hydrogens is 350 g/mol. The van der Waals surface area contributed by atoms with E-state index in [0.29, 0.717) is 17.0 Å². The smallest absolute Gasteiger partial charge is 0.230 e. The maximum Gasteiger partial charge on any atom is 0.230 e. The average molecular weight is 378 g/mol. The minimum Gasteiger partial charge on any atom is -0.393 e. The van der Waals surface area contributed by atoms with Gasteiger partial charge in [0.05, 0.1) is 16.5 Å². The summed E-state index contributed by atoms with van der Waals surface area (Å²) in [4.78, 5) is 22.3. The van der Waals surface area contributed by atoms with Gasteiger partial charge in [-0.1, -0.05) is 11.6 Å². The lowest BCUT2D eigenvalue weighted by molar-refractivity contribution is -0.139. The fourth-order valence-electron chi connectivity index (χ4n) is 5.12. The van der Waals surface area contributed by atoms with Crippen LogP contribution in [0.25, 0.3) is 0 Å². The summed E-state index contributed by atoms with van der Waals surface area (Å²) in [6, 6.07) is 2.26. The Bertz CT molecular complexity index is 690. The van der Waals surface area contributed by atoms with Crippen molar-refractivity contribution in [1.82, 2.24) is 9.88 Å². The van der Waals surface area contributed by atoms with E-state index >= 15 is 0 Å². The van der Waals surface area contributed by atoms with E-state index in [9.17, 15) is 9.90 Å². The molecule has 1 aliphatic carbocycles. The maximum absolute atomic E-state index is 13.4. The third-order valence-electron chi connectivity index (χ3n) is 6.55. The molecule has 0 unspecified atom stereocenters. The second-order valence-electron chi connectivity index (χ2n) is 8.31. The molecule has 1 aromatic heterocycles. The lowest BCUT2D eigenvalue weighted by Crippen LogP contribution is -2.50. The molecule has 0 radical (unpaired) electrons. The highest BCUT2D eigenvalue weighted by atomic mass is 35.5. The number of pyridine rings is 1. The van der Waals surface area contributed by atoms with E-state index in [1.165, 1.54) is 0 Å². The molecule has 5 nitrogen and oxygen atoms in total. The summed E-state index contributed by atoms with van der Waals surface area (Å²) >= 11 is 6.06. The van der Waals surface area contributed by atoms with Gasteiger partial charge in [0.2, 0.25) is 5.91 Å². The van der Waals surface area contributed by atoms with Crippen molar-refractivity contribution in [2.75, 3.05) is 24.5 Å². The summed E-state index contributed by atoms with van der Waals surface area (Å²) in [5.41, 5.74) is 0.806. The second-order valence-corrected chi connectivity index (χ2v) is 8.75. The van der Waals surface area contributed by atoms with Crippen LogP contribution in [0.1, 0.15) is 50.5 Å². The summed E-state index contributed by atoms with van der Waals surface area (Å²) in [7, 11) is 0. The Balaban J connectivity index is 1.50. The van der Waals surface area contributed by atoms with Crippen LogP contribution in [-0.4, -0.2) is 52.7 Å². The van der Waals surface area contributed by atoms with Gasteiger partial charge in [-0.25, -0.2) is 4.98 Å². The molecular formula is C20H28ClN3O2. The molecule has 26 heavy (non-hydrogen) atoms. The van der Waals surface area contributed by atoms with Crippen LogP contribution in [0.15, 0.2) is 12.3 Å². The number of aliphatic hydroxyl groups is 1. The number of carbonyl (C=O) groups excluding carboxylic acids is 1. The largest absolute Gasteiger partial charge is 0.393 e. The number of hydrogen-bond donors (Lipinski definition) is 1. The Morgan fingerprint density at radius 2 is 2.00 bits per heavy atom. The van der Waals surface area contributed by atoms with Crippen LogP contribution in [-0.2, 0) is 4.79 Å². The Labute approximate surface area is 160 Å². The van der Waals surface area contributed by atoms with Crippen molar-refractivity contribution in [1.29, 1.82) is 0 Å². The molecule has 0 bridgehead atoms. The molecule has 6 heteroatoms. The topological polar surface area (TPSA) is 56.7 Å². The van der Waals surface area contributed by atoms with Crippen molar-refractivity contribution < 1.29 is 9.90 Å². The molecule has 2 aliphatic heterocycles. The summed E-state index contributed by atoms with van der Waals surface area (Å²) in [5.74, 6) is 1.29. The predicted molar refractivity (Wildman–Crippen MR) is 102 cm³/mol. The molecule has 3 fully saturated rings. The first-order valence-corrected chi connectivity index (χ1v) is 10.2. The first kappa shape index (κ1) is 18.1. The number of piperidine rings is 1. The van der Waals surface area contributed by atoms with Crippen LogP contribution in [0.5, 0.6) is 0 Å². The highest BCUT2D eigenvalue weighted by molar-refractivity contribution is 6.30. The number of nitrogens with zero attached hydrogens (tertiary/aromatic N) is 3. The van der Waals surface area contributed by atoms with Gasteiger partial charge in [0.25, 0.3) is 0 Å². The van der Waals surface area contributed by atoms with Crippen LogP contribution in [0.3, 0.4) is 0 Å². The molecule has 4 rings (SSSR count). The quantitative estimate of drug-likeness (QED) is 0.860. The van der Waals surface area contributed by atoms with Crippen molar-refractivity contribution >= 4 is 23.3 Å². The standard InChI is InChI=1S/C20H28ClN3O2/c1-14-11-15(21)12-22-18(14)23-9-2-7-20(13-23)8-10-24(19(20)26)16-3-5-17(25)6-4-16/h11-12,16-17,25H,2-10,13H2,1H3/t16-,17-,20-/m1/s1. The molecule has 0 aromatic carbocycles. The number of aromatic nitrogens is 1. The number of halogens is 1. The zero-order valence-corrected chi connectivity index (χ0v) is 16.2. The van der Waals surface area contributed by atoms with E-state index in [1.54, 1.807) is 6.20 Å². The highest BCUT2D eigenvalue weighted by Crippen LogP contribution is 2.43. The molecule has 1 N–H and O–H groups in total. The zero-order chi connectivity index (χ0) is 18.3. The van der Waals surface area contributed by atoms with Crippen molar-refractivity contribution in [2.45, 2.75) is 64.0 Å². The van der Waals surface area contributed by atoms with Crippen molar-refractivity contribution in [3.63, 3.8) is 0 Å². The highest BCUT2D eigenvalue weighted by Gasteiger charge is 2.50. The van der Waals surface area contributed by atoms with Gasteiger partial charge in [-0.3, -0.25) is 4.79 Å². The molecule has 3 aliphatic rings. The van der Waals surface area contributed by atoms with Crippen molar-refractivity contribution in [2.24, 2.45) is 5.41 Å². The number of likely N-dealkylation sites (tertiary alicyclic amines) is 1. The van der Waals surface area contributed by atoms with E-state index in [4.69, 9.17) is 11.6 Å². The minimum absolute atomic E-state index is 0.179. The molecule has 1 saturated carbocycles. The molecule has 142 valence electrons. The number of aliphatic hydroxyl groups excluding tert-OH is 1. The normalized spacial score (nSPS) is 32.5. The van der Waals surface area contributed by atoms with Crippen molar-refractivity contribution in [3.8, 4) is 0 Å². The van der Waals surface area contributed by atoms with E-state index < -0.39 is 0 Å². The number of aryl methyl sites for hydroxylation is 1. The number of carbonyl (C=O) groups is 1.